The molecule has 2 N–H and O–H groups in total. The standard InChI is InChI=1S/C17H18F4N4O.HI/c1-22-16(24-7-8-26-14-3-2-6-23-11-14)25-10-12-4-5-13(18)9-15(12)17(19,20)21;/h2-6,9,11H,7-8,10H2,1H3,(H2,22,24,25);1H. The van der Waals surface area contributed by atoms with E-state index in [2.05, 4.69) is 20.6 Å². The lowest BCUT2D eigenvalue weighted by molar-refractivity contribution is -0.138. The van der Waals surface area contributed by atoms with Crippen molar-refractivity contribution in [3.63, 3.8) is 0 Å². The molecule has 0 fully saturated rings. The number of rotatable bonds is 6. The van der Waals surface area contributed by atoms with E-state index in [0.717, 1.165) is 12.1 Å². The SMILES string of the molecule is CN=C(NCCOc1cccnc1)NCc1ccc(F)cc1C(F)(F)F.I. The summed E-state index contributed by atoms with van der Waals surface area (Å²) in [6, 6.07) is 6.07. The van der Waals surface area contributed by atoms with Crippen molar-refractivity contribution in [1.29, 1.82) is 0 Å². The van der Waals surface area contributed by atoms with Gasteiger partial charge in [-0.3, -0.25) is 9.98 Å². The third-order valence-corrected chi connectivity index (χ3v) is 3.34. The van der Waals surface area contributed by atoms with Crippen LogP contribution in [0.15, 0.2) is 47.7 Å². The molecule has 1 aromatic carbocycles. The van der Waals surface area contributed by atoms with E-state index in [9.17, 15) is 17.6 Å². The fraction of sp³-hybridized carbons (Fsp3) is 0.294. The van der Waals surface area contributed by atoms with Crippen molar-refractivity contribution in [3.8, 4) is 5.75 Å². The minimum atomic E-state index is -4.63. The van der Waals surface area contributed by atoms with Gasteiger partial charge < -0.3 is 15.4 Å². The smallest absolute Gasteiger partial charge is 0.416 e. The van der Waals surface area contributed by atoms with E-state index in [1.807, 2.05) is 0 Å². The highest BCUT2D eigenvalue weighted by molar-refractivity contribution is 14.0. The fourth-order valence-electron chi connectivity index (χ4n) is 2.14. The number of hydrogen-bond acceptors (Lipinski definition) is 3. The van der Waals surface area contributed by atoms with Crippen LogP contribution in [0.1, 0.15) is 11.1 Å². The third-order valence-electron chi connectivity index (χ3n) is 3.34. The Bertz CT molecular complexity index is 741. The molecular formula is C17H19F4IN4O. The first-order valence-electron chi connectivity index (χ1n) is 7.73. The van der Waals surface area contributed by atoms with Crippen LogP contribution < -0.4 is 15.4 Å². The largest absolute Gasteiger partial charge is 0.490 e. The van der Waals surface area contributed by atoms with Crippen LogP contribution in [0, 0.1) is 5.82 Å². The zero-order valence-corrected chi connectivity index (χ0v) is 16.7. The topological polar surface area (TPSA) is 58.5 Å². The first-order valence-corrected chi connectivity index (χ1v) is 7.73. The fourth-order valence-corrected chi connectivity index (χ4v) is 2.14. The van der Waals surface area contributed by atoms with E-state index in [4.69, 9.17) is 4.74 Å². The highest BCUT2D eigenvalue weighted by Gasteiger charge is 2.33. The molecule has 2 aromatic rings. The van der Waals surface area contributed by atoms with Crippen LogP contribution >= 0.6 is 24.0 Å². The van der Waals surface area contributed by atoms with Gasteiger partial charge in [0.2, 0.25) is 0 Å². The van der Waals surface area contributed by atoms with Crippen molar-refractivity contribution in [2.75, 3.05) is 20.2 Å². The average molecular weight is 498 g/mol. The second-order valence-electron chi connectivity index (χ2n) is 5.19. The van der Waals surface area contributed by atoms with Gasteiger partial charge in [-0.2, -0.15) is 13.2 Å². The molecule has 2 rings (SSSR count). The van der Waals surface area contributed by atoms with E-state index < -0.39 is 17.6 Å². The van der Waals surface area contributed by atoms with Crippen LogP contribution in [0.3, 0.4) is 0 Å². The molecule has 0 saturated carbocycles. The summed E-state index contributed by atoms with van der Waals surface area (Å²) in [4.78, 5) is 7.84. The summed E-state index contributed by atoms with van der Waals surface area (Å²) in [6.45, 7) is 0.541. The van der Waals surface area contributed by atoms with Crippen molar-refractivity contribution in [3.05, 3.63) is 59.7 Å². The van der Waals surface area contributed by atoms with E-state index >= 15 is 0 Å². The van der Waals surface area contributed by atoms with Gasteiger partial charge in [-0.1, -0.05) is 6.07 Å². The average Bonchev–Trinajstić information content (AvgIpc) is 2.62. The number of nitrogens with zero attached hydrogens (tertiary/aromatic N) is 2. The Morgan fingerprint density at radius 1 is 1.22 bits per heavy atom. The van der Waals surface area contributed by atoms with Crippen molar-refractivity contribution in [2.24, 2.45) is 4.99 Å². The molecule has 0 aliphatic carbocycles. The number of benzene rings is 1. The Morgan fingerprint density at radius 3 is 2.63 bits per heavy atom. The summed E-state index contributed by atoms with van der Waals surface area (Å²) in [5.74, 6) is -0.0215. The molecule has 27 heavy (non-hydrogen) atoms. The lowest BCUT2D eigenvalue weighted by atomic mass is 10.1. The minimum absolute atomic E-state index is 0. The molecule has 0 saturated heterocycles. The Hall–Kier alpha value is -2.11. The van der Waals surface area contributed by atoms with Gasteiger partial charge in [0.25, 0.3) is 0 Å². The van der Waals surface area contributed by atoms with Gasteiger partial charge in [-0.15, -0.1) is 24.0 Å². The molecule has 148 valence electrons. The Kier molecular flexibility index (Phi) is 9.26. The first-order chi connectivity index (χ1) is 12.4. The predicted octanol–water partition coefficient (Wildman–Crippen LogP) is 3.60. The van der Waals surface area contributed by atoms with Gasteiger partial charge >= 0.3 is 6.18 Å². The summed E-state index contributed by atoms with van der Waals surface area (Å²) in [6.07, 6.45) is -1.44. The van der Waals surface area contributed by atoms with Crippen LogP contribution in [0.5, 0.6) is 5.75 Å². The lowest BCUT2D eigenvalue weighted by Crippen LogP contribution is -2.39. The number of guanidine groups is 1. The molecule has 0 atom stereocenters. The highest BCUT2D eigenvalue weighted by atomic mass is 127. The van der Waals surface area contributed by atoms with E-state index in [1.54, 1.807) is 24.5 Å². The van der Waals surface area contributed by atoms with E-state index in [-0.39, 0.29) is 36.1 Å². The number of pyridine rings is 1. The molecule has 0 aliphatic rings. The second kappa shape index (κ2) is 10.9. The molecule has 0 aliphatic heterocycles. The van der Waals surface area contributed by atoms with Gasteiger partial charge in [0, 0.05) is 19.8 Å². The molecule has 0 amide bonds. The molecule has 0 spiro atoms. The Labute approximate surface area is 171 Å². The number of nitrogens with one attached hydrogen (secondary N) is 2. The third kappa shape index (κ3) is 7.57. The quantitative estimate of drug-likeness (QED) is 0.210. The van der Waals surface area contributed by atoms with Crippen LogP contribution in [-0.4, -0.2) is 31.1 Å². The molecule has 10 heteroatoms. The first kappa shape index (κ1) is 22.9. The molecule has 1 heterocycles. The van der Waals surface area contributed by atoms with Crippen molar-refractivity contribution in [2.45, 2.75) is 12.7 Å². The monoisotopic (exact) mass is 498 g/mol. The number of ether oxygens (including phenoxy) is 1. The zero-order chi connectivity index (χ0) is 19.0. The summed E-state index contributed by atoms with van der Waals surface area (Å²) in [7, 11) is 1.49. The number of aliphatic imine (C=N–C) groups is 1. The lowest BCUT2D eigenvalue weighted by Gasteiger charge is -2.16. The van der Waals surface area contributed by atoms with Gasteiger partial charge in [0.1, 0.15) is 18.2 Å². The molecule has 1 aromatic heterocycles. The second-order valence-corrected chi connectivity index (χ2v) is 5.19. The maximum Gasteiger partial charge on any atom is 0.416 e. The van der Waals surface area contributed by atoms with Gasteiger partial charge in [-0.25, -0.2) is 4.39 Å². The summed E-state index contributed by atoms with van der Waals surface area (Å²) >= 11 is 0. The predicted molar refractivity (Wildman–Crippen MR) is 105 cm³/mol. The minimum Gasteiger partial charge on any atom is -0.490 e. The Balaban J connectivity index is 0.00000364. The van der Waals surface area contributed by atoms with Crippen LogP contribution in [0.25, 0.3) is 0 Å². The van der Waals surface area contributed by atoms with Crippen molar-refractivity contribution >= 4 is 29.9 Å². The van der Waals surface area contributed by atoms with Crippen LogP contribution in [-0.2, 0) is 12.7 Å². The number of aromatic nitrogens is 1. The van der Waals surface area contributed by atoms with E-state index in [0.29, 0.717) is 30.9 Å². The van der Waals surface area contributed by atoms with E-state index in [1.165, 1.54) is 7.05 Å². The number of alkyl halides is 3. The van der Waals surface area contributed by atoms with Gasteiger partial charge in [-0.05, 0) is 29.8 Å². The highest BCUT2D eigenvalue weighted by Crippen LogP contribution is 2.32. The van der Waals surface area contributed by atoms with Crippen molar-refractivity contribution in [1.82, 2.24) is 15.6 Å². The maximum atomic E-state index is 13.1. The molecule has 5 nitrogen and oxygen atoms in total. The number of halogens is 5. The maximum absolute atomic E-state index is 13.1. The summed E-state index contributed by atoms with van der Waals surface area (Å²) < 4.78 is 57.5. The molecule has 0 unspecified atom stereocenters. The van der Waals surface area contributed by atoms with Gasteiger partial charge in [0.05, 0.1) is 18.3 Å². The van der Waals surface area contributed by atoms with Crippen molar-refractivity contribution < 1.29 is 22.3 Å². The normalized spacial score (nSPS) is 11.5. The molecular weight excluding hydrogens is 479 g/mol. The molecule has 0 bridgehead atoms. The molecule has 0 radical (unpaired) electrons. The Morgan fingerprint density at radius 2 is 2.00 bits per heavy atom. The van der Waals surface area contributed by atoms with Gasteiger partial charge in [0.15, 0.2) is 5.96 Å². The summed E-state index contributed by atoms with van der Waals surface area (Å²) in [5.41, 5.74) is -1.09. The number of hydrogen-bond donors (Lipinski definition) is 2. The van der Waals surface area contributed by atoms with Crippen LogP contribution in [0.2, 0.25) is 0 Å². The summed E-state index contributed by atoms with van der Waals surface area (Å²) in [5, 5.41) is 5.68. The zero-order valence-electron chi connectivity index (χ0n) is 14.4. The van der Waals surface area contributed by atoms with Crippen LogP contribution in [0.4, 0.5) is 17.6 Å².